The van der Waals surface area contributed by atoms with Gasteiger partial charge in [-0.2, -0.15) is 0 Å². The van der Waals surface area contributed by atoms with Crippen molar-refractivity contribution in [1.82, 2.24) is 0 Å². The maximum absolute atomic E-state index is 13.0. The van der Waals surface area contributed by atoms with Crippen molar-refractivity contribution >= 4 is 15.9 Å². The van der Waals surface area contributed by atoms with Crippen molar-refractivity contribution < 1.29 is 13.9 Å². The summed E-state index contributed by atoms with van der Waals surface area (Å²) in [7, 11) is 0. The molecule has 1 N–H and O–H groups in total. The van der Waals surface area contributed by atoms with Crippen molar-refractivity contribution in [3.8, 4) is 11.8 Å². The number of aliphatic hydroxyl groups is 1. The third-order valence-corrected chi connectivity index (χ3v) is 1.92. The van der Waals surface area contributed by atoms with Crippen LogP contribution in [-0.2, 0) is 0 Å². The maximum Gasteiger partial charge on any atom is 0.142 e. The molecule has 0 unspecified atom stereocenters. The Bertz CT molecular complexity index is 356. The summed E-state index contributed by atoms with van der Waals surface area (Å²) < 4.78 is 25.8. The predicted octanol–water partition coefficient (Wildman–Crippen LogP) is 2.07. The molecular formula is C9H5BrF2O. The molecule has 0 aliphatic carbocycles. The SMILES string of the molecule is OCC#Cc1c(F)cc(F)cc1Br. The summed E-state index contributed by atoms with van der Waals surface area (Å²) >= 11 is 2.96. The molecule has 1 aromatic carbocycles. The van der Waals surface area contributed by atoms with Gasteiger partial charge in [0.2, 0.25) is 0 Å². The number of aliphatic hydroxyl groups excluding tert-OH is 1. The molecule has 1 nitrogen and oxygen atoms in total. The van der Waals surface area contributed by atoms with Crippen molar-refractivity contribution in [2.75, 3.05) is 6.61 Å². The van der Waals surface area contributed by atoms with Gasteiger partial charge in [-0.05, 0) is 22.0 Å². The second-order valence-electron chi connectivity index (χ2n) is 2.20. The smallest absolute Gasteiger partial charge is 0.142 e. The van der Waals surface area contributed by atoms with Gasteiger partial charge in [0.05, 0.1) is 5.56 Å². The van der Waals surface area contributed by atoms with Crippen molar-refractivity contribution in [3.63, 3.8) is 0 Å². The summed E-state index contributed by atoms with van der Waals surface area (Å²) in [6.07, 6.45) is 0. The Balaban J connectivity index is 3.21. The van der Waals surface area contributed by atoms with E-state index in [0.717, 1.165) is 12.1 Å². The van der Waals surface area contributed by atoms with Crippen LogP contribution >= 0.6 is 15.9 Å². The standard InChI is InChI=1S/C9H5BrF2O/c10-8-4-6(11)5-9(12)7(8)2-1-3-13/h4-5,13H,3H2. The van der Waals surface area contributed by atoms with E-state index < -0.39 is 11.6 Å². The van der Waals surface area contributed by atoms with Crippen LogP contribution in [0.5, 0.6) is 0 Å². The predicted molar refractivity (Wildman–Crippen MR) is 48.0 cm³/mol. The minimum atomic E-state index is -0.743. The number of hydrogen-bond acceptors (Lipinski definition) is 1. The topological polar surface area (TPSA) is 20.2 Å². The highest BCUT2D eigenvalue weighted by atomic mass is 79.9. The quantitative estimate of drug-likeness (QED) is 0.696. The molecule has 0 atom stereocenters. The summed E-state index contributed by atoms with van der Waals surface area (Å²) in [5.41, 5.74) is 0.0513. The molecule has 0 radical (unpaired) electrons. The zero-order valence-corrected chi connectivity index (χ0v) is 8.03. The van der Waals surface area contributed by atoms with Crippen LogP contribution in [0.25, 0.3) is 0 Å². The van der Waals surface area contributed by atoms with Gasteiger partial charge in [-0.25, -0.2) is 8.78 Å². The maximum atomic E-state index is 13.0. The lowest BCUT2D eigenvalue weighted by Gasteiger charge is -1.98. The summed E-state index contributed by atoms with van der Waals surface area (Å²) in [4.78, 5) is 0. The zero-order chi connectivity index (χ0) is 9.84. The molecule has 0 amide bonds. The fourth-order valence-electron chi connectivity index (χ4n) is 0.790. The molecular weight excluding hydrogens is 242 g/mol. The lowest BCUT2D eigenvalue weighted by Crippen LogP contribution is -1.88. The molecule has 4 heteroatoms. The molecule has 68 valence electrons. The fraction of sp³-hybridized carbons (Fsp3) is 0.111. The molecule has 0 bridgehead atoms. The van der Waals surface area contributed by atoms with E-state index in [1.807, 2.05) is 0 Å². The van der Waals surface area contributed by atoms with E-state index >= 15 is 0 Å². The van der Waals surface area contributed by atoms with Gasteiger partial charge in [0.15, 0.2) is 0 Å². The number of rotatable bonds is 0. The Labute approximate surface area is 82.5 Å². The first-order valence-corrected chi connectivity index (χ1v) is 4.18. The molecule has 0 aromatic heterocycles. The van der Waals surface area contributed by atoms with Crippen molar-refractivity contribution in [2.45, 2.75) is 0 Å². The Hall–Kier alpha value is -0.920. The minimum absolute atomic E-state index is 0.0513. The molecule has 13 heavy (non-hydrogen) atoms. The van der Waals surface area contributed by atoms with E-state index in [1.165, 1.54) is 0 Å². The van der Waals surface area contributed by atoms with E-state index in [1.54, 1.807) is 0 Å². The molecule has 0 aliphatic rings. The monoisotopic (exact) mass is 246 g/mol. The van der Waals surface area contributed by atoms with Crippen LogP contribution in [-0.4, -0.2) is 11.7 Å². The second-order valence-corrected chi connectivity index (χ2v) is 3.06. The Morgan fingerprint density at radius 3 is 2.62 bits per heavy atom. The molecule has 0 aliphatic heterocycles. The van der Waals surface area contributed by atoms with Crippen molar-refractivity contribution in [3.05, 3.63) is 33.8 Å². The molecule has 0 saturated heterocycles. The Morgan fingerprint density at radius 2 is 2.08 bits per heavy atom. The van der Waals surface area contributed by atoms with Crippen molar-refractivity contribution in [2.24, 2.45) is 0 Å². The van der Waals surface area contributed by atoms with Gasteiger partial charge < -0.3 is 5.11 Å². The number of halogens is 3. The third kappa shape index (κ3) is 2.51. The third-order valence-electron chi connectivity index (χ3n) is 1.30. The Morgan fingerprint density at radius 1 is 1.38 bits per heavy atom. The second kappa shape index (κ2) is 4.35. The highest BCUT2D eigenvalue weighted by Crippen LogP contribution is 2.20. The molecule has 0 fully saturated rings. The minimum Gasteiger partial charge on any atom is -0.384 e. The molecule has 1 rings (SSSR count). The lowest BCUT2D eigenvalue weighted by atomic mass is 10.2. The zero-order valence-electron chi connectivity index (χ0n) is 6.44. The van der Waals surface area contributed by atoms with E-state index in [2.05, 4.69) is 27.8 Å². The van der Waals surface area contributed by atoms with E-state index in [0.29, 0.717) is 0 Å². The summed E-state index contributed by atoms with van der Waals surface area (Å²) in [5, 5.41) is 8.38. The highest BCUT2D eigenvalue weighted by Gasteiger charge is 2.06. The first-order chi connectivity index (χ1) is 6.15. The van der Waals surface area contributed by atoms with E-state index in [-0.39, 0.29) is 16.6 Å². The van der Waals surface area contributed by atoms with Gasteiger partial charge in [0, 0.05) is 10.5 Å². The molecule has 1 aromatic rings. The van der Waals surface area contributed by atoms with Crippen LogP contribution in [0.4, 0.5) is 8.78 Å². The summed E-state index contributed by atoms with van der Waals surface area (Å²) in [6, 6.07) is 1.86. The average Bonchev–Trinajstić information content (AvgIpc) is 2.02. The number of benzene rings is 1. The highest BCUT2D eigenvalue weighted by molar-refractivity contribution is 9.10. The first kappa shape index (κ1) is 10.2. The fourth-order valence-corrected chi connectivity index (χ4v) is 1.30. The lowest BCUT2D eigenvalue weighted by molar-refractivity contribution is 0.350. The van der Waals surface area contributed by atoms with Crippen molar-refractivity contribution in [1.29, 1.82) is 0 Å². The first-order valence-electron chi connectivity index (χ1n) is 3.39. The Kier molecular flexibility index (Phi) is 3.40. The van der Waals surface area contributed by atoms with Crippen LogP contribution in [0.3, 0.4) is 0 Å². The van der Waals surface area contributed by atoms with Gasteiger partial charge >= 0.3 is 0 Å². The average molecular weight is 247 g/mol. The van der Waals surface area contributed by atoms with Crippen LogP contribution in [0.15, 0.2) is 16.6 Å². The molecule has 0 heterocycles. The largest absolute Gasteiger partial charge is 0.384 e. The summed E-state index contributed by atoms with van der Waals surface area (Å²) in [6.45, 7) is -0.358. The van der Waals surface area contributed by atoms with Crippen LogP contribution < -0.4 is 0 Å². The van der Waals surface area contributed by atoms with Crippen LogP contribution in [0.2, 0.25) is 0 Å². The summed E-state index contributed by atoms with van der Waals surface area (Å²) in [5.74, 6) is 3.24. The van der Waals surface area contributed by atoms with Gasteiger partial charge in [-0.15, -0.1) is 0 Å². The van der Waals surface area contributed by atoms with E-state index in [9.17, 15) is 8.78 Å². The van der Waals surface area contributed by atoms with Gasteiger partial charge in [-0.3, -0.25) is 0 Å². The van der Waals surface area contributed by atoms with E-state index in [4.69, 9.17) is 5.11 Å². The van der Waals surface area contributed by atoms with Gasteiger partial charge in [0.25, 0.3) is 0 Å². The van der Waals surface area contributed by atoms with Gasteiger partial charge in [0.1, 0.15) is 18.2 Å². The number of hydrogen-bond donors (Lipinski definition) is 1. The van der Waals surface area contributed by atoms with Crippen LogP contribution in [0, 0.1) is 23.5 Å². The molecule has 0 spiro atoms. The molecule has 0 saturated carbocycles. The van der Waals surface area contributed by atoms with Gasteiger partial charge in [-0.1, -0.05) is 11.8 Å². The normalized spacial score (nSPS) is 9.23. The van der Waals surface area contributed by atoms with Crippen LogP contribution in [0.1, 0.15) is 5.56 Å².